The predicted molar refractivity (Wildman–Crippen MR) is 102 cm³/mol. The van der Waals surface area contributed by atoms with E-state index >= 15 is 0 Å². The number of benzene rings is 2. The first kappa shape index (κ1) is 20.4. The van der Waals surface area contributed by atoms with Crippen LogP contribution < -0.4 is 9.62 Å². The molecule has 2 aromatic rings. The van der Waals surface area contributed by atoms with E-state index in [9.17, 15) is 18.0 Å². The highest BCUT2D eigenvalue weighted by Crippen LogP contribution is 2.19. The third-order valence-corrected chi connectivity index (χ3v) is 5.16. The zero-order valence-corrected chi connectivity index (χ0v) is 16.2. The fraction of sp³-hybridized carbons (Fsp3) is 0.263. The SMILES string of the molecule is CCOC(=O)[C@H](C)N(C(=O)NS(=O)(=O)c1ccc(C)cc1)c1ccccc1. The van der Waals surface area contributed by atoms with E-state index in [2.05, 4.69) is 0 Å². The third kappa shape index (κ3) is 5.07. The summed E-state index contributed by atoms with van der Waals surface area (Å²) in [6, 6.07) is 12.5. The van der Waals surface area contributed by atoms with Crippen molar-refractivity contribution in [3.8, 4) is 0 Å². The van der Waals surface area contributed by atoms with Crippen molar-refractivity contribution in [3.05, 3.63) is 60.2 Å². The van der Waals surface area contributed by atoms with Gasteiger partial charge >= 0.3 is 12.0 Å². The van der Waals surface area contributed by atoms with Crippen molar-refractivity contribution < 1.29 is 22.7 Å². The van der Waals surface area contributed by atoms with Crippen molar-refractivity contribution in [2.75, 3.05) is 11.5 Å². The smallest absolute Gasteiger partial charge is 0.336 e. The van der Waals surface area contributed by atoms with Crippen LogP contribution in [-0.4, -0.2) is 33.1 Å². The number of carbonyl (C=O) groups excluding carboxylic acids is 2. The number of nitrogens with zero attached hydrogens (tertiary/aromatic N) is 1. The first-order valence-corrected chi connectivity index (χ1v) is 9.89. The van der Waals surface area contributed by atoms with Gasteiger partial charge in [-0.05, 0) is 45.0 Å². The Bertz CT molecular complexity index is 895. The Balaban J connectivity index is 2.33. The normalized spacial score (nSPS) is 12.1. The molecule has 144 valence electrons. The van der Waals surface area contributed by atoms with Gasteiger partial charge in [-0.25, -0.2) is 22.7 Å². The fourth-order valence-corrected chi connectivity index (χ4v) is 3.35. The van der Waals surface area contributed by atoms with Crippen LogP contribution in [-0.2, 0) is 19.6 Å². The standard InChI is InChI=1S/C19H22N2O5S/c1-4-26-18(22)15(3)21(16-8-6-5-7-9-16)19(23)20-27(24,25)17-12-10-14(2)11-13-17/h5-13,15H,4H2,1-3H3,(H,20,23)/t15-/m0/s1. The fourth-order valence-electron chi connectivity index (χ4n) is 2.41. The molecule has 1 atom stereocenters. The molecule has 0 unspecified atom stereocenters. The predicted octanol–water partition coefficient (Wildman–Crippen LogP) is 2.85. The molecule has 0 spiro atoms. The number of sulfonamides is 1. The molecule has 0 radical (unpaired) electrons. The summed E-state index contributed by atoms with van der Waals surface area (Å²) >= 11 is 0. The summed E-state index contributed by atoms with van der Waals surface area (Å²) in [5.41, 5.74) is 1.26. The van der Waals surface area contributed by atoms with Crippen LogP contribution in [0.2, 0.25) is 0 Å². The number of para-hydroxylation sites is 1. The van der Waals surface area contributed by atoms with Gasteiger partial charge in [-0.2, -0.15) is 0 Å². The van der Waals surface area contributed by atoms with Gasteiger partial charge in [0.2, 0.25) is 0 Å². The first-order chi connectivity index (χ1) is 12.8. The molecule has 0 saturated carbocycles. The van der Waals surface area contributed by atoms with Crippen LogP contribution in [0, 0.1) is 6.92 Å². The summed E-state index contributed by atoms with van der Waals surface area (Å²) in [4.78, 5) is 25.9. The molecule has 0 fully saturated rings. The molecular weight excluding hydrogens is 368 g/mol. The van der Waals surface area contributed by atoms with E-state index in [1.807, 2.05) is 11.6 Å². The quantitative estimate of drug-likeness (QED) is 0.766. The zero-order valence-electron chi connectivity index (χ0n) is 15.4. The van der Waals surface area contributed by atoms with Gasteiger partial charge < -0.3 is 4.74 Å². The molecule has 1 N–H and O–H groups in total. The van der Waals surface area contributed by atoms with Crippen LogP contribution in [0.3, 0.4) is 0 Å². The molecular formula is C19H22N2O5S. The minimum Gasteiger partial charge on any atom is -0.464 e. The third-order valence-electron chi connectivity index (χ3n) is 3.82. The lowest BCUT2D eigenvalue weighted by molar-refractivity contribution is -0.144. The highest BCUT2D eigenvalue weighted by Gasteiger charge is 2.31. The molecule has 0 aromatic heterocycles. The first-order valence-electron chi connectivity index (χ1n) is 8.40. The average Bonchev–Trinajstić information content (AvgIpc) is 2.63. The van der Waals surface area contributed by atoms with Crippen LogP contribution in [0.1, 0.15) is 19.4 Å². The highest BCUT2D eigenvalue weighted by atomic mass is 32.2. The number of esters is 1. The van der Waals surface area contributed by atoms with E-state index in [1.54, 1.807) is 49.4 Å². The number of amides is 2. The number of carbonyl (C=O) groups is 2. The van der Waals surface area contributed by atoms with Crippen molar-refractivity contribution in [1.29, 1.82) is 0 Å². The number of hydrogen-bond donors (Lipinski definition) is 1. The molecule has 0 aliphatic carbocycles. The Labute approximate surface area is 159 Å². The van der Waals surface area contributed by atoms with Crippen molar-refractivity contribution in [1.82, 2.24) is 4.72 Å². The van der Waals surface area contributed by atoms with Crippen LogP contribution in [0.4, 0.5) is 10.5 Å². The van der Waals surface area contributed by atoms with Gasteiger partial charge in [-0.15, -0.1) is 0 Å². The minimum absolute atomic E-state index is 0.0433. The molecule has 8 heteroatoms. The Morgan fingerprint density at radius 3 is 2.22 bits per heavy atom. The highest BCUT2D eigenvalue weighted by molar-refractivity contribution is 7.90. The monoisotopic (exact) mass is 390 g/mol. The number of ether oxygens (including phenoxy) is 1. The summed E-state index contributed by atoms with van der Waals surface area (Å²) < 4.78 is 32.1. The summed E-state index contributed by atoms with van der Waals surface area (Å²) in [7, 11) is -4.09. The van der Waals surface area contributed by atoms with Crippen LogP contribution in [0.15, 0.2) is 59.5 Å². The molecule has 0 heterocycles. The molecule has 0 aliphatic heterocycles. The average molecular weight is 390 g/mol. The zero-order chi connectivity index (χ0) is 20.0. The number of aryl methyl sites for hydroxylation is 1. The number of urea groups is 1. The molecule has 0 aliphatic rings. The van der Waals surface area contributed by atoms with Gasteiger partial charge in [0.05, 0.1) is 11.5 Å². The topological polar surface area (TPSA) is 92.8 Å². The van der Waals surface area contributed by atoms with Crippen molar-refractivity contribution >= 4 is 27.7 Å². The van der Waals surface area contributed by atoms with E-state index in [1.165, 1.54) is 19.1 Å². The summed E-state index contributed by atoms with van der Waals surface area (Å²) in [6.07, 6.45) is 0. The second-order valence-corrected chi connectivity index (χ2v) is 7.54. The van der Waals surface area contributed by atoms with Gasteiger partial charge in [-0.1, -0.05) is 35.9 Å². The summed E-state index contributed by atoms with van der Waals surface area (Å²) in [5, 5.41) is 0. The maximum absolute atomic E-state index is 12.8. The molecule has 7 nitrogen and oxygen atoms in total. The largest absolute Gasteiger partial charge is 0.464 e. The second-order valence-electron chi connectivity index (χ2n) is 5.86. The molecule has 2 rings (SSSR count). The number of nitrogens with one attached hydrogen (secondary N) is 1. The van der Waals surface area contributed by atoms with Gasteiger partial charge in [0, 0.05) is 5.69 Å². The number of anilines is 1. The van der Waals surface area contributed by atoms with Crippen LogP contribution in [0.5, 0.6) is 0 Å². The second kappa shape index (κ2) is 8.68. The number of hydrogen-bond acceptors (Lipinski definition) is 5. The van der Waals surface area contributed by atoms with Gasteiger partial charge in [0.1, 0.15) is 6.04 Å². The molecule has 2 amide bonds. The van der Waals surface area contributed by atoms with E-state index < -0.39 is 28.1 Å². The molecule has 0 saturated heterocycles. The van der Waals surface area contributed by atoms with Gasteiger partial charge in [0.25, 0.3) is 10.0 Å². The van der Waals surface area contributed by atoms with E-state index in [-0.39, 0.29) is 11.5 Å². The van der Waals surface area contributed by atoms with Gasteiger partial charge in [-0.3, -0.25) is 4.90 Å². The van der Waals surface area contributed by atoms with Crippen molar-refractivity contribution in [2.24, 2.45) is 0 Å². The molecule has 27 heavy (non-hydrogen) atoms. The van der Waals surface area contributed by atoms with Crippen molar-refractivity contribution in [3.63, 3.8) is 0 Å². The summed E-state index contributed by atoms with van der Waals surface area (Å²) in [6.45, 7) is 5.10. The van der Waals surface area contributed by atoms with E-state index in [4.69, 9.17) is 4.74 Å². The summed E-state index contributed by atoms with van der Waals surface area (Å²) in [5.74, 6) is -0.635. The van der Waals surface area contributed by atoms with Crippen LogP contribution in [0.25, 0.3) is 0 Å². The van der Waals surface area contributed by atoms with Gasteiger partial charge in [0.15, 0.2) is 0 Å². The lowest BCUT2D eigenvalue weighted by Crippen LogP contribution is -2.50. The Morgan fingerprint density at radius 1 is 1.07 bits per heavy atom. The number of rotatable bonds is 6. The van der Waals surface area contributed by atoms with Crippen LogP contribution >= 0.6 is 0 Å². The van der Waals surface area contributed by atoms with Crippen molar-refractivity contribution in [2.45, 2.75) is 31.7 Å². The molecule has 0 bridgehead atoms. The maximum Gasteiger partial charge on any atom is 0.336 e. The lowest BCUT2D eigenvalue weighted by Gasteiger charge is -2.27. The lowest BCUT2D eigenvalue weighted by atomic mass is 10.2. The van der Waals surface area contributed by atoms with E-state index in [0.717, 1.165) is 10.5 Å². The Morgan fingerprint density at radius 2 is 1.67 bits per heavy atom. The molecule has 2 aromatic carbocycles. The Hall–Kier alpha value is -2.87. The minimum atomic E-state index is -4.09. The maximum atomic E-state index is 12.8. The van der Waals surface area contributed by atoms with E-state index in [0.29, 0.717) is 5.69 Å². The Kier molecular flexibility index (Phi) is 6.57.